The molecule has 1 saturated heterocycles. The molecule has 3 heterocycles. The smallest absolute Gasteiger partial charge is 0.160 e. The van der Waals surface area contributed by atoms with Crippen molar-refractivity contribution in [1.29, 1.82) is 0 Å². The van der Waals surface area contributed by atoms with Crippen LogP contribution in [0.15, 0.2) is 36.4 Å². The molecular weight excluding hydrogens is 575 g/mol. The van der Waals surface area contributed by atoms with E-state index >= 15 is 0 Å². The van der Waals surface area contributed by atoms with Gasteiger partial charge in [0.2, 0.25) is 0 Å². The minimum absolute atomic E-state index is 0. The lowest BCUT2D eigenvalue weighted by atomic mass is 10.1. The molecule has 41 heavy (non-hydrogen) atoms. The average Bonchev–Trinajstić information content (AvgIpc) is 3.23. The number of benzene rings is 1. The lowest BCUT2D eigenvalue weighted by molar-refractivity contribution is 0.106. The first-order valence-electron chi connectivity index (χ1n) is 14.5. The molecule has 4 rings (SSSR count). The van der Waals surface area contributed by atoms with E-state index < -0.39 is 0 Å². The molecule has 1 aromatic carbocycles. The molecule has 9 heteroatoms. The Balaban J connectivity index is 0.00000280. The minimum Gasteiger partial charge on any atom is -0.308 e. The van der Waals surface area contributed by atoms with Crippen molar-refractivity contribution in [1.82, 2.24) is 29.2 Å². The number of aryl methyl sites for hydroxylation is 3. The van der Waals surface area contributed by atoms with Crippen LogP contribution in [0.5, 0.6) is 0 Å². The maximum Gasteiger partial charge on any atom is 0.160 e. The van der Waals surface area contributed by atoms with Crippen LogP contribution in [0.4, 0.5) is 0 Å². The highest BCUT2D eigenvalue weighted by Gasteiger charge is 2.19. The summed E-state index contributed by atoms with van der Waals surface area (Å²) in [5.74, 6) is 1.10. The third-order valence-corrected chi connectivity index (χ3v) is 7.88. The number of hydrogen-bond donors (Lipinski definition) is 0. The second kappa shape index (κ2) is 17.4. The van der Waals surface area contributed by atoms with Gasteiger partial charge in [-0.05, 0) is 64.3 Å². The predicted molar refractivity (Wildman–Crippen MR) is 183 cm³/mol. The average molecular weight is 626 g/mol. The van der Waals surface area contributed by atoms with Gasteiger partial charge in [0.25, 0.3) is 0 Å². The number of imidazole rings is 1. The number of nitrogens with zero attached hydrogens (tertiary/aromatic N) is 6. The molecule has 1 fully saturated rings. The second-order valence-corrected chi connectivity index (χ2v) is 11.4. The lowest BCUT2D eigenvalue weighted by Gasteiger charge is -2.37. The van der Waals surface area contributed by atoms with Crippen molar-refractivity contribution >= 4 is 54.5 Å². The summed E-state index contributed by atoms with van der Waals surface area (Å²) in [6.45, 7) is 24.4. The highest BCUT2D eigenvalue weighted by Crippen LogP contribution is 2.21. The van der Waals surface area contributed by atoms with Crippen molar-refractivity contribution in [3.8, 4) is 0 Å². The van der Waals surface area contributed by atoms with E-state index in [0.717, 1.165) is 61.8 Å². The van der Waals surface area contributed by atoms with Gasteiger partial charge in [-0.15, -0.1) is 37.2 Å². The zero-order valence-corrected chi connectivity index (χ0v) is 28.4. The number of halogens is 3. The van der Waals surface area contributed by atoms with Crippen LogP contribution in [0.2, 0.25) is 0 Å². The number of fused-ring (bicyclic) bond motifs is 1. The second-order valence-electron chi connectivity index (χ2n) is 11.4. The fraction of sp³-hybridized carbons (Fsp3) is 0.562. The molecule has 230 valence electrons. The quantitative estimate of drug-likeness (QED) is 0.238. The molecule has 1 aliphatic rings. The molecule has 0 saturated carbocycles. The monoisotopic (exact) mass is 624 g/mol. The number of hydrogen-bond acceptors (Lipinski definition) is 5. The van der Waals surface area contributed by atoms with Gasteiger partial charge >= 0.3 is 0 Å². The normalized spacial score (nSPS) is 14.6. The first kappa shape index (κ1) is 37.4. The molecule has 0 spiro atoms. The van der Waals surface area contributed by atoms with Gasteiger partial charge in [-0.2, -0.15) is 0 Å². The van der Waals surface area contributed by atoms with Gasteiger partial charge in [0.1, 0.15) is 11.3 Å². The first-order valence-corrected chi connectivity index (χ1v) is 14.5. The molecule has 3 aromatic rings. The Kier molecular flexibility index (Phi) is 15.9. The van der Waals surface area contributed by atoms with E-state index in [0.29, 0.717) is 12.1 Å². The molecule has 0 radical (unpaired) electrons. The third kappa shape index (κ3) is 9.94. The van der Waals surface area contributed by atoms with Gasteiger partial charge in [0, 0.05) is 70.0 Å². The molecule has 0 bridgehead atoms. The zero-order chi connectivity index (χ0) is 27.2. The summed E-state index contributed by atoms with van der Waals surface area (Å²) < 4.78 is 2.28. The summed E-state index contributed by atoms with van der Waals surface area (Å²) in [5, 5.41) is 0. The summed E-state index contributed by atoms with van der Waals surface area (Å²) >= 11 is 0. The molecule has 0 aliphatic carbocycles. The lowest BCUT2D eigenvalue weighted by Crippen LogP contribution is -2.49. The molecule has 0 amide bonds. The van der Waals surface area contributed by atoms with Crippen LogP contribution < -0.4 is 0 Å². The van der Waals surface area contributed by atoms with Crippen LogP contribution in [0.3, 0.4) is 0 Å². The van der Waals surface area contributed by atoms with Crippen molar-refractivity contribution < 1.29 is 0 Å². The third-order valence-electron chi connectivity index (χ3n) is 7.88. The van der Waals surface area contributed by atoms with Crippen molar-refractivity contribution in [2.24, 2.45) is 0 Å². The SMILES string of the molecule is CCc1nc2c(C)cc(C)nc2n1Cc1ccc(C=CCN2CCN(CCN(C(C)C)C(C)C)CC2)cc1.Cl.Cl.Cl. The molecule has 6 nitrogen and oxygen atoms in total. The Hall–Kier alpha value is -1.67. The molecule has 0 atom stereocenters. The highest BCUT2D eigenvalue weighted by atomic mass is 35.5. The van der Waals surface area contributed by atoms with Crippen LogP contribution in [-0.4, -0.2) is 87.1 Å². The number of aromatic nitrogens is 3. The van der Waals surface area contributed by atoms with Crippen LogP contribution >= 0.6 is 37.2 Å². The van der Waals surface area contributed by atoms with Gasteiger partial charge in [0.15, 0.2) is 5.65 Å². The zero-order valence-electron chi connectivity index (χ0n) is 26.0. The Bertz CT molecular complexity index is 1210. The van der Waals surface area contributed by atoms with E-state index in [9.17, 15) is 0 Å². The highest BCUT2D eigenvalue weighted by molar-refractivity contribution is 5.86. The van der Waals surface area contributed by atoms with Crippen molar-refractivity contribution in [3.63, 3.8) is 0 Å². The minimum atomic E-state index is 0. The van der Waals surface area contributed by atoms with Gasteiger partial charge in [-0.1, -0.05) is 43.3 Å². The molecule has 0 unspecified atom stereocenters. The Morgan fingerprint density at radius 1 is 0.878 bits per heavy atom. The number of piperazine rings is 1. The van der Waals surface area contributed by atoms with E-state index in [-0.39, 0.29) is 37.2 Å². The van der Waals surface area contributed by atoms with Crippen molar-refractivity contribution in [3.05, 3.63) is 64.6 Å². The Labute approximate surface area is 266 Å². The Morgan fingerprint density at radius 3 is 2.07 bits per heavy atom. The van der Waals surface area contributed by atoms with E-state index in [1.165, 1.54) is 36.3 Å². The summed E-state index contributed by atoms with van der Waals surface area (Å²) in [6.07, 6.45) is 5.48. The molecule has 1 aliphatic heterocycles. The number of rotatable bonds is 11. The van der Waals surface area contributed by atoms with Crippen LogP contribution in [0, 0.1) is 13.8 Å². The van der Waals surface area contributed by atoms with Gasteiger partial charge in [-0.3, -0.25) is 14.7 Å². The first-order chi connectivity index (χ1) is 18.2. The van der Waals surface area contributed by atoms with E-state index in [2.05, 4.69) is 110 Å². The molecule has 2 aromatic heterocycles. The predicted octanol–water partition coefficient (Wildman–Crippen LogP) is 6.67. The van der Waals surface area contributed by atoms with Gasteiger partial charge in [-0.25, -0.2) is 9.97 Å². The van der Waals surface area contributed by atoms with Gasteiger partial charge in [0.05, 0.1) is 6.54 Å². The summed E-state index contributed by atoms with van der Waals surface area (Å²) in [7, 11) is 0. The largest absolute Gasteiger partial charge is 0.308 e. The summed E-state index contributed by atoms with van der Waals surface area (Å²) in [6, 6.07) is 12.3. The maximum atomic E-state index is 4.89. The topological polar surface area (TPSA) is 40.4 Å². The van der Waals surface area contributed by atoms with Crippen LogP contribution in [0.25, 0.3) is 17.2 Å². The standard InChI is InChI=1S/C32H48N6.3ClH/c1-8-30-34-31-26(6)22-27(7)33-32(31)38(30)23-29-13-11-28(12-14-29)10-9-15-35-16-18-36(19-17-35)20-21-37(24(2)3)25(4)5;;;/h9-14,22,24-25H,8,15-21,23H2,1-7H3;3*1H. The fourth-order valence-electron chi connectivity index (χ4n) is 5.70. The number of pyridine rings is 1. The van der Waals surface area contributed by atoms with E-state index in [1.807, 2.05) is 0 Å². The van der Waals surface area contributed by atoms with Crippen LogP contribution in [-0.2, 0) is 13.0 Å². The van der Waals surface area contributed by atoms with Crippen molar-refractivity contribution in [2.75, 3.05) is 45.8 Å². The summed E-state index contributed by atoms with van der Waals surface area (Å²) in [5.41, 5.74) is 6.81. The Morgan fingerprint density at radius 2 is 1.49 bits per heavy atom. The van der Waals surface area contributed by atoms with Crippen LogP contribution in [0.1, 0.15) is 62.8 Å². The molecular formula is C32H51Cl3N6. The van der Waals surface area contributed by atoms with Gasteiger partial charge < -0.3 is 4.57 Å². The summed E-state index contributed by atoms with van der Waals surface area (Å²) in [4.78, 5) is 17.5. The fourth-order valence-corrected chi connectivity index (χ4v) is 5.70. The van der Waals surface area contributed by atoms with E-state index in [4.69, 9.17) is 9.97 Å². The maximum absolute atomic E-state index is 4.89. The molecule has 0 N–H and O–H groups in total. The van der Waals surface area contributed by atoms with Crippen molar-refractivity contribution in [2.45, 2.75) is 73.5 Å². The van der Waals surface area contributed by atoms with E-state index in [1.54, 1.807) is 0 Å².